The Hall–Kier alpha value is -1.33. The van der Waals surface area contributed by atoms with E-state index in [1.165, 1.54) is 0 Å². The van der Waals surface area contributed by atoms with Crippen LogP contribution in [-0.4, -0.2) is 15.7 Å². The predicted molar refractivity (Wildman–Crippen MR) is 74.2 cm³/mol. The third-order valence-corrected chi connectivity index (χ3v) is 3.81. The molecule has 0 aromatic carbocycles. The second-order valence-corrected chi connectivity index (χ2v) is 5.30. The first-order valence-corrected chi connectivity index (χ1v) is 6.98. The number of rotatable bonds is 5. The molecule has 0 aliphatic rings. The molecular formula is C12H14ClN3OS. The highest BCUT2D eigenvalue weighted by Crippen LogP contribution is 2.20. The molecule has 2 heterocycles. The van der Waals surface area contributed by atoms with Crippen LogP contribution in [-0.2, 0) is 17.8 Å². The molecule has 18 heavy (non-hydrogen) atoms. The molecule has 0 fully saturated rings. The van der Waals surface area contributed by atoms with Crippen LogP contribution < -0.4 is 5.32 Å². The largest absolute Gasteiger partial charge is 0.323 e. The fourth-order valence-corrected chi connectivity index (χ4v) is 2.62. The summed E-state index contributed by atoms with van der Waals surface area (Å²) in [5, 5.41) is 9.53. The van der Waals surface area contributed by atoms with Crippen molar-refractivity contribution in [3.8, 4) is 0 Å². The Kier molecular flexibility index (Phi) is 4.38. The number of thiophene rings is 1. The lowest BCUT2D eigenvalue weighted by Gasteiger charge is -2.00. The van der Waals surface area contributed by atoms with E-state index in [1.807, 2.05) is 24.6 Å². The minimum Gasteiger partial charge on any atom is -0.323 e. The van der Waals surface area contributed by atoms with Gasteiger partial charge >= 0.3 is 0 Å². The number of nitrogens with one attached hydrogen (secondary N) is 1. The number of amides is 1. The number of aromatic nitrogens is 2. The zero-order valence-corrected chi connectivity index (χ0v) is 11.6. The third kappa shape index (κ3) is 3.58. The molecule has 0 bridgehead atoms. The number of hydrogen-bond acceptors (Lipinski definition) is 3. The Bertz CT molecular complexity index is 535. The number of anilines is 1. The van der Waals surface area contributed by atoms with Crippen LogP contribution in [0.1, 0.15) is 18.2 Å². The van der Waals surface area contributed by atoms with Crippen LogP contribution in [0.5, 0.6) is 0 Å². The smallest absolute Gasteiger partial charge is 0.224 e. The summed E-state index contributed by atoms with van der Waals surface area (Å²) in [7, 11) is 0. The van der Waals surface area contributed by atoms with Gasteiger partial charge in [-0.1, -0.05) is 11.6 Å². The summed E-state index contributed by atoms with van der Waals surface area (Å²) >= 11 is 7.40. The average Bonchev–Trinajstić information content (AvgIpc) is 2.95. The topological polar surface area (TPSA) is 46.9 Å². The van der Waals surface area contributed by atoms with Gasteiger partial charge in [-0.05, 0) is 19.4 Å². The molecule has 2 aromatic heterocycles. The van der Waals surface area contributed by atoms with Gasteiger partial charge in [0.25, 0.3) is 0 Å². The first-order chi connectivity index (χ1) is 8.67. The molecule has 0 atom stereocenters. The van der Waals surface area contributed by atoms with Gasteiger partial charge in [-0.2, -0.15) is 5.10 Å². The second-order valence-electron chi connectivity index (χ2n) is 3.86. The molecular weight excluding hydrogens is 270 g/mol. The predicted octanol–water partition coefficient (Wildman–Crippen LogP) is 3.19. The van der Waals surface area contributed by atoms with Gasteiger partial charge in [0, 0.05) is 29.4 Å². The number of halogens is 1. The number of carbonyl (C=O) groups excluding carboxylic acids is 1. The van der Waals surface area contributed by atoms with Gasteiger partial charge in [-0.3, -0.25) is 9.48 Å². The van der Waals surface area contributed by atoms with Crippen LogP contribution in [0.15, 0.2) is 23.8 Å². The SMILES string of the molecule is CCn1cc(NC(=O)CCc2cc(Cl)cs2)cn1. The van der Waals surface area contributed by atoms with E-state index in [4.69, 9.17) is 11.6 Å². The lowest BCUT2D eigenvalue weighted by Crippen LogP contribution is -2.11. The molecule has 2 aromatic rings. The van der Waals surface area contributed by atoms with Gasteiger partial charge in [0.15, 0.2) is 0 Å². The zero-order valence-electron chi connectivity index (χ0n) is 10.0. The maximum Gasteiger partial charge on any atom is 0.224 e. The van der Waals surface area contributed by atoms with Gasteiger partial charge < -0.3 is 5.32 Å². The van der Waals surface area contributed by atoms with Gasteiger partial charge in [0.05, 0.1) is 16.9 Å². The number of nitrogens with zero attached hydrogens (tertiary/aromatic N) is 2. The summed E-state index contributed by atoms with van der Waals surface area (Å²) in [6.45, 7) is 2.79. The Morgan fingerprint density at radius 1 is 1.61 bits per heavy atom. The Morgan fingerprint density at radius 2 is 2.44 bits per heavy atom. The molecule has 6 heteroatoms. The van der Waals surface area contributed by atoms with Crippen LogP contribution in [0.25, 0.3) is 0 Å². The quantitative estimate of drug-likeness (QED) is 0.916. The molecule has 0 unspecified atom stereocenters. The van der Waals surface area contributed by atoms with E-state index in [2.05, 4.69) is 10.4 Å². The summed E-state index contributed by atoms with van der Waals surface area (Å²) < 4.78 is 1.77. The van der Waals surface area contributed by atoms with Gasteiger partial charge in [0.1, 0.15) is 0 Å². The van der Waals surface area contributed by atoms with Crippen molar-refractivity contribution in [2.45, 2.75) is 26.3 Å². The highest BCUT2D eigenvalue weighted by molar-refractivity contribution is 7.10. The van der Waals surface area contributed by atoms with Crippen molar-refractivity contribution in [2.24, 2.45) is 0 Å². The van der Waals surface area contributed by atoms with Crippen molar-refractivity contribution in [1.29, 1.82) is 0 Å². The van der Waals surface area contributed by atoms with Crippen molar-refractivity contribution in [2.75, 3.05) is 5.32 Å². The van der Waals surface area contributed by atoms with E-state index < -0.39 is 0 Å². The Morgan fingerprint density at radius 3 is 3.06 bits per heavy atom. The minimum absolute atomic E-state index is 0.00447. The third-order valence-electron chi connectivity index (χ3n) is 2.46. The monoisotopic (exact) mass is 283 g/mol. The Balaban J connectivity index is 1.81. The Labute approximate surface area is 115 Å². The summed E-state index contributed by atoms with van der Waals surface area (Å²) in [5.74, 6) is -0.00447. The van der Waals surface area contributed by atoms with Gasteiger partial charge in [-0.25, -0.2) is 0 Å². The molecule has 1 amide bonds. The van der Waals surface area contributed by atoms with Gasteiger partial charge in [-0.15, -0.1) is 11.3 Å². The van der Waals surface area contributed by atoms with Crippen LogP contribution in [0.3, 0.4) is 0 Å². The second kappa shape index (κ2) is 6.02. The first-order valence-electron chi connectivity index (χ1n) is 5.72. The van der Waals surface area contributed by atoms with Crippen molar-refractivity contribution < 1.29 is 4.79 Å². The fraction of sp³-hybridized carbons (Fsp3) is 0.333. The maximum atomic E-state index is 11.7. The molecule has 0 aliphatic carbocycles. The van der Waals surface area contributed by atoms with Crippen LogP contribution in [0.4, 0.5) is 5.69 Å². The van der Waals surface area contributed by atoms with E-state index in [9.17, 15) is 4.79 Å². The summed E-state index contributed by atoms with van der Waals surface area (Å²) in [5.41, 5.74) is 0.742. The maximum absolute atomic E-state index is 11.7. The molecule has 2 rings (SSSR count). The highest BCUT2D eigenvalue weighted by Gasteiger charge is 2.06. The zero-order chi connectivity index (χ0) is 13.0. The van der Waals surface area contributed by atoms with E-state index in [-0.39, 0.29) is 5.91 Å². The standard InChI is InChI=1S/C12H14ClN3OS/c1-2-16-7-10(6-14-16)15-12(17)4-3-11-5-9(13)8-18-11/h5-8H,2-4H2,1H3,(H,15,17). The number of carbonyl (C=O) groups is 1. The molecule has 96 valence electrons. The van der Waals surface area contributed by atoms with E-state index in [0.29, 0.717) is 12.8 Å². The fourth-order valence-electron chi connectivity index (χ4n) is 1.55. The van der Waals surface area contributed by atoms with Crippen LogP contribution in [0, 0.1) is 0 Å². The van der Waals surface area contributed by atoms with Crippen molar-refractivity contribution in [3.63, 3.8) is 0 Å². The summed E-state index contributed by atoms with van der Waals surface area (Å²) in [4.78, 5) is 12.8. The van der Waals surface area contributed by atoms with Crippen LogP contribution in [0.2, 0.25) is 5.02 Å². The van der Waals surface area contributed by atoms with E-state index in [0.717, 1.165) is 22.1 Å². The molecule has 4 nitrogen and oxygen atoms in total. The normalized spacial score (nSPS) is 10.6. The molecule has 0 spiro atoms. The highest BCUT2D eigenvalue weighted by atomic mass is 35.5. The van der Waals surface area contributed by atoms with Crippen molar-refractivity contribution in [3.05, 3.63) is 33.7 Å². The van der Waals surface area contributed by atoms with E-state index in [1.54, 1.807) is 22.2 Å². The van der Waals surface area contributed by atoms with Crippen molar-refractivity contribution >= 4 is 34.5 Å². The van der Waals surface area contributed by atoms with E-state index >= 15 is 0 Å². The number of aryl methyl sites for hydroxylation is 2. The minimum atomic E-state index is -0.00447. The summed E-state index contributed by atoms with van der Waals surface area (Å²) in [6.07, 6.45) is 4.64. The van der Waals surface area contributed by atoms with Crippen LogP contribution >= 0.6 is 22.9 Å². The first kappa shape index (κ1) is 13.1. The average molecular weight is 284 g/mol. The van der Waals surface area contributed by atoms with Gasteiger partial charge in [0.2, 0.25) is 5.91 Å². The molecule has 1 N–H and O–H groups in total. The molecule has 0 radical (unpaired) electrons. The lowest BCUT2D eigenvalue weighted by atomic mass is 10.2. The molecule has 0 aliphatic heterocycles. The van der Waals surface area contributed by atoms with Crippen molar-refractivity contribution in [1.82, 2.24) is 9.78 Å². The molecule has 0 saturated heterocycles. The summed E-state index contributed by atoms with van der Waals surface area (Å²) in [6, 6.07) is 1.90. The number of hydrogen-bond donors (Lipinski definition) is 1. The molecule has 0 saturated carbocycles. The lowest BCUT2D eigenvalue weighted by molar-refractivity contribution is -0.116.